The summed E-state index contributed by atoms with van der Waals surface area (Å²) in [6, 6.07) is -0.754. The first-order valence-corrected chi connectivity index (χ1v) is 4.85. The zero-order chi connectivity index (χ0) is 13.6. The molecular weight excluding hydrogens is 232 g/mol. The van der Waals surface area contributed by atoms with Crippen molar-refractivity contribution in [3.8, 4) is 0 Å². The number of carboxylic acid groups (broad SMARTS) is 2. The predicted molar refractivity (Wildman–Crippen MR) is 56.6 cm³/mol. The number of urea groups is 1. The highest BCUT2D eigenvalue weighted by Crippen LogP contribution is 1.99. The lowest BCUT2D eigenvalue weighted by Crippen LogP contribution is -2.47. The van der Waals surface area contributed by atoms with E-state index >= 15 is 0 Å². The van der Waals surface area contributed by atoms with Crippen LogP contribution in [0, 0.1) is 0 Å². The molecule has 2 amide bonds. The topological polar surface area (TPSA) is 118 Å². The maximum absolute atomic E-state index is 11.7. The van der Waals surface area contributed by atoms with Crippen LogP contribution in [0.4, 0.5) is 4.79 Å². The molecule has 0 aromatic carbocycles. The molecule has 0 aromatic rings. The van der Waals surface area contributed by atoms with Gasteiger partial charge in [-0.25, -0.2) is 4.79 Å². The molecule has 1 atom stereocenters. The highest BCUT2D eigenvalue weighted by Gasteiger charge is 2.23. The van der Waals surface area contributed by atoms with E-state index in [1.807, 2.05) is 0 Å². The summed E-state index contributed by atoms with van der Waals surface area (Å²) < 4.78 is 0. The number of rotatable bonds is 6. The molecule has 1 unspecified atom stereocenters. The smallest absolute Gasteiger partial charge is 0.323 e. The van der Waals surface area contributed by atoms with Crippen molar-refractivity contribution in [2.24, 2.45) is 0 Å². The molecule has 0 bridgehead atoms. The summed E-state index contributed by atoms with van der Waals surface area (Å²) in [6.07, 6.45) is -0.777. The van der Waals surface area contributed by atoms with E-state index in [2.05, 4.69) is 0 Å². The molecule has 0 aliphatic carbocycles. The Morgan fingerprint density at radius 2 is 1.53 bits per heavy atom. The first-order valence-electron chi connectivity index (χ1n) is 4.85. The van der Waals surface area contributed by atoms with Gasteiger partial charge in [0.05, 0.1) is 6.10 Å². The lowest BCUT2D eigenvalue weighted by Gasteiger charge is -2.26. The van der Waals surface area contributed by atoms with Crippen molar-refractivity contribution in [1.29, 1.82) is 0 Å². The minimum atomic E-state index is -1.30. The summed E-state index contributed by atoms with van der Waals surface area (Å²) in [7, 11) is 1.35. The number of carbonyl (C=O) groups is 3. The van der Waals surface area contributed by atoms with Gasteiger partial charge in [0, 0.05) is 13.6 Å². The molecular formula is C9H16N2O6. The maximum atomic E-state index is 11.7. The summed E-state index contributed by atoms with van der Waals surface area (Å²) >= 11 is 0. The van der Waals surface area contributed by atoms with Crippen LogP contribution in [0.2, 0.25) is 0 Å². The van der Waals surface area contributed by atoms with Gasteiger partial charge in [0.15, 0.2) is 0 Å². The van der Waals surface area contributed by atoms with Crippen molar-refractivity contribution in [2.45, 2.75) is 13.0 Å². The molecule has 0 heterocycles. The van der Waals surface area contributed by atoms with Crippen molar-refractivity contribution in [2.75, 3.05) is 26.7 Å². The van der Waals surface area contributed by atoms with Gasteiger partial charge in [0.25, 0.3) is 0 Å². The SMILES string of the molecule is CC(O)CN(C)C(=O)N(CC(=O)O)CC(=O)O. The van der Waals surface area contributed by atoms with Crippen molar-refractivity contribution >= 4 is 18.0 Å². The summed E-state index contributed by atoms with van der Waals surface area (Å²) in [5.41, 5.74) is 0. The third kappa shape index (κ3) is 6.36. The molecule has 0 aromatic heterocycles. The first-order chi connectivity index (χ1) is 7.73. The molecule has 0 saturated heterocycles. The van der Waals surface area contributed by atoms with Crippen LogP contribution >= 0.6 is 0 Å². The van der Waals surface area contributed by atoms with Gasteiger partial charge in [0.2, 0.25) is 0 Å². The van der Waals surface area contributed by atoms with Crippen LogP contribution in [0.3, 0.4) is 0 Å². The molecule has 0 saturated carbocycles. The van der Waals surface area contributed by atoms with Gasteiger partial charge >= 0.3 is 18.0 Å². The van der Waals surface area contributed by atoms with Gasteiger partial charge in [-0.3, -0.25) is 9.59 Å². The average molecular weight is 248 g/mol. The lowest BCUT2D eigenvalue weighted by molar-refractivity contribution is -0.140. The fraction of sp³-hybridized carbons (Fsp3) is 0.667. The standard InChI is InChI=1S/C9H16N2O6/c1-6(12)3-10(2)9(17)11(4-7(13)14)5-8(15)16/h6,12H,3-5H2,1-2H3,(H,13,14)(H,15,16). The number of hydrogen-bond donors (Lipinski definition) is 3. The minimum Gasteiger partial charge on any atom is -0.480 e. The molecule has 17 heavy (non-hydrogen) atoms. The zero-order valence-electron chi connectivity index (χ0n) is 9.66. The normalized spacial score (nSPS) is 11.7. The molecule has 0 fully saturated rings. The maximum Gasteiger partial charge on any atom is 0.323 e. The fourth-order valence-electron chi connectivity index (χ4n) is 1.23. The number of hydrogen-bond acceptors (Lipinski definition) is 4. The highest BCUT2D eigenvalue weighted by molar-refractivity contribution is 5.84. The molecule has 8 nitrogen and oxygen atoms in total. The van der Waals surface area contributed by atoms with Gasteiger partial charge in [-0.1, -0.05) is 0 Å². The quantitative estimate of drug-likeness (QED) is 0.548. The summed E-state index contributed by atoms with van der Waals surface area (Å²) in [5, 5.41) is 26.2. The molecule has 0 rings (SSSR count). The van der Waals surface area contributed by atoms with Gasteiger partial charge in [-0.05, 0) is 6.92 Å². The van der Waals surface area contributed by atoms with Crippen molar-refractivity contribution in [1.82, 2.24) is 9.80 Å². The Bertz CT molecular complexity index is 288. The van der Waals surface area contributed by atoms with Gasteiger partial charge in [0.1, 0.15) is 13.1 Å². The van der Waals surface area contributed by atoms with Crippen LogP contribution in [0.5, 0.6) is 0 Å². The Balaban J connectivity index is 4.61. The summed E-state index contributed by atoms with van der Waals surface area (Å²) in [5.74, 6) is -2.60. The van der Waals surface area contributed by atoms with E-state index in [0.717, 1.165) is 4.90 Å². The van der Waals surface area contributed by atoms with Crippen molar-refractivity contribution in [3.05, 3.63) is 0 Å². The Morgan fingerprint density at radius 1 is 1.12 bits per heavy atom. The van der Waals surface area contributed by atoms with Crippen molar-refractivity contribution in [3.63, 3.8) is 0 Å². The summed E-state index contributed by atoms with van der Waals surface area (Å²) in [4.78, 5) is 34.4. The second-order valence-corrected chi connectivity index (χ2v) is 3.66. The monoisotopic (exact) mass is 248 g/mol. The fourth-order valence-corrected chi connectivity index (χ4v) is 1.23. The van der Waals surface area contributed by atoms with E-state index in [9.17, 15) is 14.4 Å². The number of aliphatic hydroxyl groups excluding tert-OH is 1. The Kier molecular flexibility index (Phi) is 5.97. The number of likely N-dealkylation sites (N-methyl/N-ethyl adjacent to an activating group) is 1. The number of carboxylic acids is 2. The molecule has 0 aliphatic rings. The molecule has 3 N–H and O–H groups in total. The van der Waals surface area contributed by atoms with E-state index < -0.39 is 37.2 Å². The number of aliphatic hydroxyl groups is 1. The number of carbonyl (C=O) groups excluding carboxylic acids is 1. The third-order valence-electron chi connectivity index (χ3n) is 1.79. The Morgan fingerprint density at radius 3 is 1.82 bits per heavy atom. The van der Waals surface area contributed by atoms with Crippen LogP contribution < -0.4 is 0 Å². The molecule has 0 spiro atoms. The van der Waals surface area contributed by atoms with E-state index in [0.29, 0.717) is 4.90 Å². The van der Waals surface area contributed by atoms with E-state index in [1.54, 1.807) is 0 Å². The molecule has 0 radical (unpaired) electrons. The lowest BCUT2D eigenvalue weighted by atomic mass is 10.4. The second kappa shape index (κ2) is 6.69. The van der Waals surface area contributed by atoms with E-state index in [1.165, 1.54) is 14.0 Å². The van der Waals surface area contributed by atoms with Crippen molar-refractivity contribution < 1.29 is 29.7 Å². The molecule has 8 heteroatoms. The Labute approximate surface area is 98.0 Å². The average Bonchev–Trinajstić information content (AvgIpc) is 2.12. The second-order valence-electron chi connectivity index (χ2n) is 3.66. The minimum absolute atomic E-state index is 0.00539. The highest BCUT2D eigenvalue weighted by atomic mass is 16.4. The van der Waals surface area contributed by atoms with Crippen LogP contribution in [0.1, 0.15) is 6.92 Å². The van der Waals surface area contributed by atoms with Gasteiger partial charge in [-0.15, -0.1) is 0 Å². The van der Waals surface area contributed by atoms with Crippen LogP contribution in [0.25, 0.3) is 0 Å². The van der Waals surface area contributed by atoms with Gasteiger partial charge < -0.3 is 25.1 Å². The van der Waals surface area contributed by atoms with E-state index in [4.69, 9.17) is 15.3 Å². The first kappa shape index (κ1) is 15.2. The predicted octanol–water partition coefficient (Wildman–Crippen LogP) is -1.11. The number of aliphatic carboxylic acids is 2. The third-order valence-corrected chi connectivity index (χ3v) is 1.79. The number of nitrogens with zero attached hydrogens (tertiary/aromatic N) is 2. The van der Waals surface area contributed by atoms with Crippen LogP contribution in [-0.2, 0) is 9.59 Å². The van der Waals surface area contributed by atoms with Gasteiger partial charge in [-0.2, -0.15) is 0 Å². The van der Waals surface area contributed by atoms with Crippen LogP contribution in [-0.4, -0.2) is 75.9 Å². The van der Waals surface area contributed by atoms with E-state index in [-0.39, 0.29) is 6.54 Å². The largest absolute Gasteiger partial charge is 0.480 e. The number of amides is 2. The Hall–Kier alpha value is -1.83. The molecule has 0 aliphatic heterocycles. The summed E-state index contributed by atoms with van der Waals surface area (Å²) in [6.45, 7) is 0.0572. The molecule has 98 valence electrons. The van der Waals surface area contributed by atoms with Crippen LogP contribution in [0.15, 0.2) is 0 Å². The zero-order valence-corrected chi connectivity index (χ0v) is 9.66.